The standard InChI is InChI=1S/C18H36N2/c1-13(2)16-10-19-15(14-8-9-14)11-20(16)18(6,7)12-17(3,4)5/h13-16,19H,8-12H2,1-7H3. The van der Waals surface area contributed by atoms with Crippen molar-refractivity contribution in [2.24, 2.45) is 17.3 Å². The van der Waals surface area contributed by atoms with Crippen LogP contribution in [0.5, 0.6) is 0 Å². The van der Waals surface area contributed by atoms with Gasteiger partial charge in [0.1, 0.15) is 0 Å². The van der Waals surface area contributed by atoms with Crippen molar-refractivity contribution < 1.29 is 0 Å². The van der Waals surface area contributed by atoms with E-state index in [1.807, 2.05) is 0 Å². The molecular weight excluding hydrogens is 244 g/mol. The molecule has 118 valence electrons. The largest absolute Gasteiger partial charge is 0.311 e. The van der Waals surface area contributed by atoms with E-state index in [4.69, 9.17) is 0 Å². The number of nitrogens with one attached hydrogen (secondary N) is 1. The van der Waals surface area contributed by atoms with Gasteiger partial charge in [-0.15, -0.1) is 0 Å². The lowest BCUT2D eigenvalue weighted by molar-refractivity contribution is -0.0133. The summed E-state index contributed by atoms with van der Waals surface area (Å²) >= 11 is 0. The van der Waals surface area contributed by atoms with Gasteiger partial charge in [-0.3, -0.25) is 4.90 Å². The zero-order chi connectivity index (χ0) is 15.1. The first-order valence-corrected chi connectivity index (χ1v) is 8.60. The van der Waals surface area contributed by atoms with E-state index < -0.39 is 0 Å². The Bertz CT molecular complexity index is 323. The number of nitrogens with zero attached hydrogens (tertiary/aromatic N) is 1. The Morgan fingerprint density at radius 2 is 1.70 bits per heavy atom. The molecule has 0 bridgehead atoms. The van der Waals surface area contributed by atoms with Crippen LogP contribution in [0.2, 0.25) is 0 Å². The molecule has 0 aromatic heterocycles. The van der Waals surface area contributed by atoms with E-state index in [0.29, 0.717) is 17.0 Å². The summed E-state index contributed by atoms with van der Waals surface area (Å²) in [6.45, 7) is 19.2. The second-order valence-corrected chi connectivity index (χ2v) is 9.37. The summed E-state index contributed by atoms with van der Waals surface area (Å²) in [5, 5.41) is 3.84. The molecule has 2 unspecified atom stereocenters. The maximum Gasteiger partial charge on any atom is 0.0249 e. The summed E-state index contributed by atoms with van der Waals surface area (Å²) in [5.74, 6) is 1.68. The molecule has 0 amide bonds. The monoisotopic (exact) mass is 280 g/mol. The molecule has 1 heterocycles. The SMILES string of the molecule is CC(C)C1CNC(C2CC2)CN1C(C)(C)CC(C)(C)C. The fourth-order valence-electron chi connectivity index (χ4n) is 4.30. The third-order valence-corrected chi connectivity index (χ3v) is 5.08. The molecule has 0 aromatic rings. The molecule has 2 fully saturated rings. The summed E-state index contributed by atoms with van der Waals surface area (Å²) < 4.78 is 0. The Hall–Kier alpha value is -0.0800. The Labute approximate surface area is 126 Å². The molecule has 2 aliphatic rings. The smallest absolute Gasteiger partial charge is 0.0249 e. The van der Waals surface area contributed by atoms with E-state index in [1.54, 1.807) is 0 Å². The van der Waals surface area contributed by atoms with Crippen LogP contribution in [0.25, 0.3) is 0 Å². The molecule has 2 nitrogen and oxygen atoms in total. The van der Waals surface area contributed by atoms with Crippen LogP contribution in [0.15, 0.2) is 0 Å². The normalized spacial score (nSPS) is 30.0. The van der Waals surface area contributed by atoms with Crippen LogP contribution in [-0.2, 0) is 0 Å². The van der Waals surface area contributed by atoms with Gasteiger partial charge in [0, 0.05) is 30.7 Å². The first-order chi connectivity index (χ1) is 9.10. The van der Waals surface area contributed by atoms with Gasteiger partial charge in [0.15, 0.2) is 0 Å². The molecule has 1 aliphatic heterocycles. The maximum absolute atomic E-state index is 3.84. The van der Waals surface area contributed by atoms with E-state index in [-0.39, 0.29) is 0 Å². The number of hydrogen-bond donors (Lipinski definition) is 1. The number of hydrogen-bond acceptors (Lipinski definition) is 2. The molecule has 1 saturated heterocycles. The van der Waals surface area contributed by atoms with Gasteiger partial charge in [0.05, 0.1) is 0 Å². The third kappa shape index (κ3) is 3.98. The van der Waals surface area contributed by atoms with Crippen molar-refractivity contribution in [3.05, 3.63) is 0 Å². The van der Waals surface area contributed by atoms with Crippen LogP contribution < -0.4 is 5.32 Å². The highest BCUT2D eigenvalue weighted by atomic mass is 15.3. The molecule has 2 heteroatoms. The zero-order valence-corrected chi connectivity index (χ0v) is 14.8. The van der Waals surface area contributed by atoms with Crippen LogP contribution >= 0.6 is 0 Å². The minimum atomic E-state index is 0.294. The fraction of sp³-hybridized carbons (Fsp3) is 1.00. The van der Waals surface area contributed by atoms with Crippen molar-refractivity contribution >= 4 is 0 Å². The summed E-state index contributed by atoms with van der Waals surface area (Å²) in [6.07, 6.45) is 4.15. The second kappa shape index (κ2) is 5.61. The minimum Gasteiger partial charge on any atom is -0.311 e. The van der Waals surface area contributed by atoms with Crippen LogP contribution in [0.4, 0.5) is 0 Å². The highest BCUT2D eigenvalue weighted by Gasteiger charge is 2.43. The Balaban J connectivity index is 2.12. The average molecular weight is 280 g/mol. The molecule has 1 aliphatic carbocycles. The van der Waals surface area contributed by atoms with Crippen molar-refractivity contribution in [1.82, 2.24) is 10.2 Å². The third-order valence-electron chi connectivity index (χ3n) is 5.08. The van der Waals surface area contributed by atoms with Crippen LogP contribution in [0.1, 0.15) is 67.7 Å². The van der Waals surface area contributed by atoms with Gasteiger partial charge in [-0.1, -0.05) is 34.6 Å². The van der Waals surface area contributed by atoms with Gasteiger partial charge in [-0.05, 0) is 50.4 Å². The lowest BCUT2D eigenvalue weighted by Crippen LogP contribution is -2.65. The van der Waals surface area contributed by atoms with Gasteiger partial charge in [0.2, 0.25) is 0 Å². The van der Waals surface area contributed by atoms with Crippen molar-refractivity contribution in [2.45, 2.75) is 85.4 Å². The molecule has 0 radical (unpaired) electrons. The molecule has 2 atom stereocenters. The topological polar surface area (TPSA) is 15.3 Å². The van der Waals surface area contributed by atoms with Gasteiger partial charge in [-0.25, -0.2) is 0 Å². The number of rotatable bonds is 4. The zero-order valence-electron chi connectivity index (χ0n) is 14.8. The van der Waals surface area contributed by atoms with Crippen LogP contribution in [-0.4, -0.2) is 35.6 Å². The molecule has 1 saturated carbocycles. The Kier molecular flexibility index (Phi) is 4.57. The predicted octanol–water partition coefficient (Wildman–Crippen LogP) is 3.91. The second-order valence-electron chi connectivity index (χ2n) is 9.37. The highest BCUT2D eigenvalue weighted by molar-refractivity contribution is 5.00. The van der Waals surface area contributed by atoms with E-state index in [9.17, 15) is 0 Å². The first kappa shape index (κ1) is 16.3. The summed E-state index contributed by atoms with van der Waals surface area (Å²) in [6, 6.07) is 1.42. The number of piperazine rings is 1. The lowest BCUT2D eigenvalue weighted by Gasteiger charge is -2.52. The minimum absolute atomic E-state index is 0.294. The van der Waals surface area contributed by atoms with Crippen LogP contribution in [0, 0.1) is 17.3 Å². The molecular formula is C18H36N2. The van der Waals surface area contributed by atoms with Crippen LogP contribution in [0.3, 0.4) is 0 Å². The summed E-state index contributed by atoms with van der Waals surface area (Å²) in [4.78, 5) is 2.84. The van der Waals surface area contributed by atoms with Crippen molar-refractivity contribution in [3.8, 4) is 0 Å². The summed E-state index contributed by atoms with van der Waals surface area (Å²) in [5.41, 5.74) is 0.688. The van der Waals surface area contributed by atoms with Gasteiger partial charge in [-0.2, -0.15) is 0 Å². The van der Waals surface area contributed by atoms with Gasteiger partial charge in [0.25, 0.3) is 0 Å². The van der Waals surface area contributed by atoms with Gasteiger partial charge >= 0.3 is 0 Å². The Morgan fingerprint density at radius 3 is 2.15 bits per heavy atom. The quantitative estimate of drug-likeness (QED) is 0.840. The van der Waals surface area contributed by atoms with Crippen molar-refractivity contribution in [2.75, 3.05) is 13.1 Å². The average Bonchev–Trinajstić information content (AvgIpc) is 3.08. The molecule has 20 heavy (non-hydrogen) atoms. The van der Waals surface area contributed by atoms with E-state index >= 15 is 0 Å². The molecule has 1 N–H and O–H groups in total. The molecule has 2 rings (SSSR count). The highest BCUT2D eigenvalue weighted by Crippen LogP contribution is 2.39. The summed E-state index contributed by atoms with van der Waals surface area (Å²) in [7, 11) is 0. The first-order valence-electron chi connectivity index (χ1n) is 8.60. The fourth-order valence-corrected chi connectivity index (χ4v) is 4.30. The Morgan fingerprint density at radius 1 is 1.10 bits per heavy atom. The maximum atomic E-state index is 3.84. The van der Waals surface area contributed by atoms with E-state index in [0.717, 1.165) is 17.9 Å². The predicted molar refractivity (Wildman–Crippen MR) is 88.0 cm³/mol. The van der Waals surface area contributed by atoms with Crippen molar-refractivity contribution in [1.29, 1.82) is 0 Å². The van der Waals surface area contributed by atoms with Gasteiger partial charge < -0.3 is 5.32 Å². The molecule has 0 aromatic carbocycles. The molecule has 0 spiro atoms. The van der Waals surface area contributed by atoms with Crippen molar-refractivity contribution in [3.63, 3.8) is 0 Å². The van der Waals surface area contributed by atoms with E-state index in [2.05, 4.69) is 58.7 Å². The van der Waals surface area contributed by atoms with E-state index in [1.165, 1.54) is 32.4 Å². The lowest BCUT2D eigenvalue weighted by atomic mass is 9.78.